The van der Waals surface area contributed by atoms with Crippen molar-refractivity contribution in [3.63, 3.8) is 0 Å². The fourth-order valence-corrected chi connectivity index (χ4v) is 2.54. The maximum absolute atomic E-state index is 9.36. The van der Waals surface area contributed by atoms with Crippen LogP contribution in [0, 0.1) is 0 Å². The number of rotatable bonds is 2. The van der Waals surface area contributed by atoms with E-state index in [1.807, 2.05) is 24.5 Å². The van der Waals surface area contributed by atoms with Gasteiger partial charge in [-0.15, -0.1) is 0 Å². The smallest absolute Gasteiger partial charge is 0.139 e. The van der Waals surface area contributed by atoms with Gasteiger partial charge in [0.05, 0.1) is 12.6 Å². The Kier molecular flexibility index (Phi) is 2.29. The molecule has 1 saturated heterocycles. The summed E-state index contributed by atoms with van der Waals surface area (Å²) in [6.07, 6.45) is 5.95. The third kappa shape index (κ3) is 1.38. The van der Waals surface area contributed by atoms with Gasteiger partial charge in [0, 0.05) is 30.0 Å². The van der Waals surface area contributed by atoms with Crippen molar-refractivity contribution in [2.45, 2.75) is 18.9 Å². The van der Waals surface area contributed by atoms with Crippen LogP contribution in [0.4, 0.5) is 5.69 Å². The molecule has 2 N–H and O–H groups in total. The van der Waals surface area contributed by atoms with E-state index in [2.05, 4.69) is 14.9 Å². The van der Waals surface area contributed by atoms with Gasteiger partial charge in [-0.2, -0.15) is 0 Å². The van der Waals surface area contributed by atoms with Crippen molar-refractivity contribution in [2.24, 2.45) is 0 Å². The predicted molar refractivity (Wildman–Crippen MR) is 63.5 cm³/mol. The Hall–Kier alpha value is -1.55. The number of anilines is 1. The summed E-state index contributed by atoms with van der Waals surface area (Å²) in [7, 11) is 0. The topological polar surface area (TPSA) is 52.1 Å². The van der Waals surface area contributed by atoms with Crippen molar-refractivity contribution >= 4 is 16.7 Å². The van der Waals surface area contributed by atoms with Gasteiger partial charge in [0.15, 0.2) is 0 Å². The van der Waals surface area contributed by atoms with Crippen LogP contribution in [0.25, 0.3) is 11.0 Å². The number of aliphatic hydroxyl groups is 1. The van der Waals surface area contributed by atoms with E-state index < -0.39 is 0 Å². The Morgan fingerprint density at radius 1 is 1.50 bits per heavy atom. The number of pyridine rings is 1. The molecule has 4 heteroatoms. The molecule has 0 spiro atoms. The lowest BCUT2D eigenvalue weighted by Crippen LogP contribution is -2.32. The Morgan fingerprint density at radius 2 is 2.44 bits per heavy atom. The molecule has 2 aromatic heterocycles. The molecule has 0 unspecified atom stereocenters. The zero-order valence-electron chi connectivity index (χ0n) is 9.06. The Labute approximate surface area is 93.9 Å². The van der Waals surface area contributed by atoms with Crippen LogP contribution in [0.15, 0.2) is 24.5 Å². The van der Waals surface area contributed by atoms with Crippen molar-refractivity contribution in [1.82, 2.24) is 9.97 Å². The summed E-state index contributed by atoms with van der Waals surface area (Å²) in [4.78, 5) is 9.68. The number of nitrogens with zero attached hydrogens (tertiary/aromatic N) is 2. The lowest BCUT2D eigenvalue weighted by Gasteiger charge is -2.25. The van der Waals surface area contributed by atoms with Crippen LogP contribution in [-0.2, 0) is 0 Å². The van der Waals surface area contributed by atoms with Gasteiger partial charge in [-0.1, -0.05) is 0 Å². The third-order valence-corrected chi connectivity index (χ3v) is 3.33. The fourth-order valence-electron chi connectivity index (χ4n) is 2.54. The van der Waals surface area contributed by atoms with E-state index in [0.717, 1.165) is 30.4 Å². The molecule has 1 atom stereocenters. The van der Waals surface area contributed by atoms with Gasteiger partial charge < -0.3 is 15.0 Å². The minimum atomic E-state index is 0.230. The summed E-state index contributed by atoms with van der Waals surface area (Å²) in [5.41, 5.74) is 2.10. The number of H-pyrrole nitrogens is 1. The quantitative estimate of drug-likeness (QED) is 0.802. The summed E-state index contributed by atoms with van der Waals surface area (Å²) in [5, 5.41) is 10.5. The van der Waals surface area contributed by atoms with Gasteiger partial charge in [-0.25, -0.2) is 4.98 Å². The standard InChI is InChI=1S/C12H15N3O/c16-8-9-2-1-7-15(9)11-4-6-14-12-10(11)3-5-13-12/h3-6,9,16H,1-2,7-8H2,(H,13,14)/t9-/m0/s1. The highest BCUT2D eigenvalue weighted by molar-refractivity contribution is 5.89. The molecule has 84 valence electrons. The van der Waals surface area contributed by atoms with E-state index in [9.17, 15) is 5.11 Å². The van der Waals surface area contributed by atoms with Crippen LogP contribution in [0.5, 0.6) is 0 Å². The highest BCUT2D eigenvalue weighted by atomic mass is 16.3. The molecule has 16 heavy (non-hydrogen) atoms. The van der Waals surface area contributed by atoms with Gasteiger partial charge in [0.1, 0.15) is 5.65 Å². The molecule has 0 aliphatic carbocycles. The Morgan fingerprint density at radius 3 is 3.31 bits per heavy atom. The van der Waals surface area contributed by atoms with E-state index in [-0.39, 0.29) is 12.6 Å². The van der Waals surface area contributed by atoms with Gasteiger partial charge >= 0.3 is 0 Å². The lowest BCUT2D eigenvalue weighted by atomic mass is 10.2. The zero-order chi connectivity index (χ0) is 11.0. The van der Waals surface area contributed by atoms with Crippen molar-refractivity contribution in [2.75, 3.05) is 18.1 Å². The molecular formula is C12H15N3O. The second-order valence-corrected chi connectivity index (χ2v) is 4.24. The van der Waals surface area contributed by atoms with Crippen molar-refractivity contribution in [3.8, 4) is 0 Å². The molecule has 3 rings (SSSR count). The second-order valence-electron chi connectivity index (χ2n) is 4.24. The average Bonchev–Trinajstić information content (AvgIpc) is 2.96. The van der Waals surface area contributed by atoms with Crippen LogP contribution >= 0.6 is 0 Å². The first kappa shape index (κ1) is 9.66. The van der Waals surface area contributed by atoms with Gasteiger partial charge in [0.25, 0.3) is 0 Å². The summed E-state index contributed by atoms with van der Waals surface area (Å²) in [6, 6.07) is 4.34. The molecule has 4 nitrogen and oxygen atoms in total. The molecule has 2 aromatic rings. The van der Waals surface area contributed by atoms with Crippen molar-refractivity contribution in [3.05, 3.63) is 24.5 Å². The largest absolute Gasteiger partial charge is 0.394 e. The van der Waals surface area contributed by atoms with E-state index in [4.69, 9.17) is 0 Å². The highest BCUT2D eigenvalue weighted by Crippen LogP contribution is 2.30. The van der Waals surface area contributed by atoms with Gasteiger partial charge in [-0.3, -0.25) is 0 Å². The van der Waals surface area contributed by atoms with Gasteiger partial charge in [0.2, 0.25) is 0 Å². The molecule has 0 saturated carbocycles. The molecule has 0 aromatic carbocycles. The lowest BCUT2D eigenvalue weighted by molar-refractivity contribution is 0.266. The molecule has 3 heterocycles. The maximum atomic E-state index is 9.36. The maximum Gasteiger partial charge on any atom is 0.139 e. The number of hydrogen-bond donors (Lipinski definition) is 2. The van der Waals surface area contributed by atoms with E-state index in [0.29, 0.717) is 0 Å². The molecule has 0 amide bonds. The van der Waals surface area contributed by atoms with Crippen LogP contribution < -0.4 is 4.90 Å². The van der Waals surface area contributed by atoms with Crippen LogP contribution in [0.2, 0.25) is 0 Å². The summed E-state index contributed by atoms with van der Waals surface area (Å²) in [6.45, 7) is 1.25. The molecule has 1 aliphatic heterocycles. The molecule has 1 aliphatic rings. The number of fused-ring (bicyclic) bond motifs is 1. The SMILES string of the molecule is OC[C@@H]1CCCN1c1ccnc2[nH]ccc12. The van der Waals surface area contributed by atoms with Crippen LogP contribution in [0.3, 0.4) is 0 Å². The zero-order valence-corrected chi connectivity index (χ0v) is 9.06. The number of hydrogen-bond acceptors (Lipinski definition) is 3. The summed E-state index contributed by atoms with van der Waals surface area (Å²) >= 11 is 0. The average molecular weight is 217 g/mol. The Balaban J connectivity index is 2.07. The van der Waals surface area contributed by atoms with E-state index >= 15 is 0 Å². The highest BCUT2D eigenvalue weighted by Gasteiger charge is 2.25. The number of nitrogens with one attached hydrogen (secondary N) is 1. The van der Waals surface area contributed by atoms with Crippen molar-refractivity contribution < 1.29 is 5.11 Å². The predicted octanol–water partition coefficient (Wildman–Crippen LogP) is 1.52. The molecule has 0 radical (unpaired) electrons. The van der Waals surface area contributed by atoms with E-state index in [1.165, 1.54) is 5.69 Å². The van der Waals surface area contributed by atoms with Gasteiger partial charge in [-0.05, 0) is 25.0 Å². The molecule has 0 bridgehead atoms. The second kappa shape index (κ2) is 3.79. The minimum Gasteiger partial charge on any atom is -0.394 e. The molecular weight excluding hydrogens is 202 g/mol. The number of aromatic nitrogens is 2. The number of aliphatic hydroxyl groups excluding tert-OH is 1. The first-order valence-electron chi connectivity index (χ1n) is 5.70. The van der Waals surface area contributed by atoms with Crippen LogP contribution in [-0.4, -0.2) is 34.3 Å². The number of aromatic amines is 1. The summed E-state index contributed by atoms with van der Waals surface area (Å²) in [5.74, 6) is 0. The summed E-state index contributed by atoms with van der Waals surface area (Å²) < 4.78 is 0. The monoisotopic (exact) mass is 217 g/mol. The molecule has 1 fully saturated rings. The fraction of sp³-hybridized carbons (Fsp3) is 0.417. The third-order valence-electron chi connectivity index (χ3n) is 3.33. The van der Waals surface area contributed by atoms with E-state index in [1.54, 1.807) is 0 Å². The minimum absolute atomic E-state index is 0.230. The van der Waals surface area contributed by atoms with Crippen molar-refractivity contribution in [1.29, 1.82) is 0 Å². The first-order chi connectivity index (χ1) is 7.90. The Bertz CT molecular complexity index is 494. The normalized spacial score (nSPS) is 20.8. The first-order valence-corrected chi connectivity index (χ1v) is 5.70. The van der Waals surface area contributed by atoms with Crippen LogP contribution in [0.1, 0.15) is 12.8 Å².